The number of carbonyl (C=O) groups excluding carboxylic acids is 3. The molecule has 25 heavy (non-hydrogen) atoms. The number of hydrogen-bond donors (Lipinski definition) is 1. The molecule has 0 aromatic rings. The lowest BCUT2D eigenvalue weighted by Gasteiger charge is -2.41. The smallest absolute Gasteiger partial charge is 0.243 e. The van der Waals surface area contributed by atoms with E-state index in [9.17, 15) is 14.4 Å². The first kappa shape index (κ1) is 19.7. The largest absolute Gasteiger partial charge is 0.352 e. The maximum absolute atomic E-state index is 12.6. The minimum absolute atomic E-state index is 0.0496. The molecule has 142 valence electrons. The standard InChI is InChI=1S/C19H33N3O3/c1-6-19(4,5)18(25)21-11-9-14(10-12-21)22-15(7-8-16(22)23)17(24)20-13(2)3/h13-15H,6-12H2,1-5H3,(H,20,24)/t15-/m0/s1. The molecule has 0 bridgehead atoms. The summed E-state index contributed by atoms with van der Waals surface area (Å²) in [6, 6.07) is -0.221. The van der Waals surface area contributed by atoms with Crippen LogP contribution in [-0.4, -0.2) is 58.7 Å². The van der Waals surface area contributed by atoms with Crippen molar-refractivity contribution in [1.29, 1.82) is 0 Å². The van der Waals surface area contributed by atoms with Gasteiger partial charge < -0.3 is 15.1 Å². The molecule has 0 saturated carbocycles. The lowest BCUT2D eigenvalue weighted by atomic mass is 9.87. The van der Waals surface area contributed by atoms with Crippen LogP contribution in [0.4, 0.5) is 0 Å². The van der Waals surface area contributed by atoms with Crippen LogP contribution in [0.3, 0.4) is 0 Å². The zero-order valence-corrected chi connectivity index (χ0v) is 16.3. The number of carbonyl (C=O) groups is 3. The molecule has 0 unspecified atom stereocenters. The summed E-state index contributed by atoms with van der Waals surface area (Å²) < 4.78 is 0. The first-order chi connectivity index (χ1) is 11.7. The molecule has 0 aliphatic carbocycles. The Morgan fingerprint density at radius 2 is 1.80 bits per heavy atom. The summed E-state index contributed by atoms with van der Waals surface area (Å²) in [5.41, 5.74) is -0.337. The second kappa shape index (κ2) is 7.75. The van der Waals surface area contributed by atoms with Crippen molar-refractivity contribution in [2.45, 2.75) is 84.8 Å². The van der Waals surface area contributed by atoms with Gasteiger partial charge in [0.2, 0.25) is 17.7 Å². The zero-order valence-electron chi connectivity index (χ0n) is 16.3. The van der Waals surface area contributed by atoms with Gasteiger partial charge in [-0.05, 0) is 39.5 Å². The number of likely N-dealkylation sites (tertiary alicyclic amines) is 2. The highest BCUT2D eigenvalue weighted by molar-refractivity contribution is 5.91. The first-order valence-electron chi connectivity index (χ1n) is 9.58. The van der Waals surface area contributed by atoms with Gasteiger partial charge in [-0.2, -0.15) is 0 Å². The molecular weight excluding hydrogens is 318 g/mol. The Kier molecular flexibility index (Phi) is 6.12. The summed E-state index contributed by atoms with van der Waals surface area (Å²) in [7, 11) is 0. The van der Waals surface area contributed by atoms with E-state index < -0.39 is 0 Å². The highest BCUT2D eigenvalue weighted by atomic mass is 16.2. The van der Waals surface area contributed by atoms with Gasteiger partial charge >= 0.3 is 0 Å². The third kappa shape index (κ3) is 4.33. The fourth-order valence-electron chi connectivity index (χ4n) is 3.72. The fraction of sp³-hybridized carbons (Fsp3) is 0.842. The van der Waals surface area contributed by atoms with Gasteiger partial charge in [-0.25, -0.2) is 0 Å². The zero-order chi connectivity index (χ0) is 18.8. The maximum Gasteiger partial charge on any atom is 0.243 e. The van der Waals surface area contributed by atoms with E-state index in [-0.39, 0.29) is 41.3 Å². The van der Waals surface area contributed by atoms with E-state index in [0.717, 1.165) is 19.3 Å². The van der Waals surface area contributed by atoms with Crippen molar-refractivity contribution in [3.05, 3.63) is 0 Å². The predicted molar refractivity (Wildman–Crippen MR) is 96.8 cm³/mol. The van der Waals surface area contributed by atoms with Crippen LogP contribution < -0.4 is 5.32 Å². The van der Waals surface area contributed by atoms with E-state index in [4.69, 9.17) is 0 Å². The van der Waals surface area contributed by atoms with Gasteiger partial charge in [0.15, 0.2) is 0 Å². The third-order valence-electron chi connectivity index (χ3n) is 5.60. The molecule has 1 N–H and O–H groups in total. The second-order valence-electron chi connectivity index (χ2n) is 8.28. The van der Waals surface area contributed by atoms with Crippen molar-refractivity contribution >= 4 is 17.7 Å². The van der Waals surface area contributed by atoms with Crippen molar-refractivity contribution in [1.82, 2.24) is 15.1 Å². The summed E-state index contributed by atoms with van der Waals surface area (Å²) in [6.07, 6.45) is 3.36. The quantitative estimate of drug-likeness (QED) is 0.823. The van der Waals surface area contributed by atoms with Gasteiger partial charge in [0.25, 0.3) is 0 Å². The second-order valence-corrected chi connectivity index (χ2v) is 8.28. The molecule has 6 nitrogen and oxygen atoms in total. The first-order valence-corrected chi connectivity index (χ1v) is 9.58. The molecule has 0 aromatic carbocycles. The maximum atomic E-state index is 12.6. The Labute approximate surface area is 151 Å². The van der Waals surface area contributed by atoms with Crippen molar-refractivity contribution in [2.75, 3.05) is 13.1 Å². The monoisotopic (exact) mass is 351 g/mol. The van der Waals surface area contributed by atoms with E-state index in [0.29, 0.717) is 25.9 Å². The highest BCUT2D eigenvalue weighted by Crippen LogP contribution is 2.30. The fourth-order valence-corrected chi connectivity index (χ4v) is 3.72. The average molecular weight is 351 g/mol. The molecule has 0 spiro atoms. The number of nitrogens with one attached hydrogen (secondary N) is 1. The van der Waals surface area contributed by atoms with E-state index >= 15 is 0 Å². The predicted octanol–water partition coefficient (Wildman–Crippen LogP) is 1.93. The Bertz CT molecular complexity index is 522. The van der Waals surface area contributed by atoms with Gasteiger partial charge in [-0.3, -0.25) is 14.4 Å². The summed E-state index contributed by atoms with van der Waals surface area (Å²) in [6.45, 7) is 11.2. The number of hydrogen-bond acceptors (Lipinski definition) is 3. The van der Waals surface area contributed by atoms with Gasteiger partial charge in [-0.15, -0.1) is 0 Å². The molecule has 2 aliphatic rings. The molecular formula is C19H33N3O3. The highest BCUT2D eigenvalue weighted by Gasteiger charge is 2.42. The number of rotatable bonds is 5. The Morgan fingerprint density at radius 3 is 2.32 bits per heavy atom. The van der Waals surface area contributed by atoms with Crippen LogP contribution in [0.5, 0.6) is 0 Å². The van der Waals surface area contributed by atoms with Crippen LogP contribution in [-0.2, 0) is 14.4 Å². The average Bonchev–Trinajstić information content (AvgIpc) is 2.95. The van der Waals surface area contributed by atoms with Crippen molar-refractivity contribution < 1.29 is 14.4 Å². The van der Waals surface area contributed by atoms with Gasteiger partial charge in [0, 0.05) is 37.0 Å². The molecule has 0 aromatic heterocycles. The topological polar surface area (TPSA) is 69.7 Å². The van der Waals surface area contributed by atoms with Crippen LogP contribution in [0.2, 0.25) is 0 Å². The van der Waals surface area contributed by atoms with Gasteiger partial charge in [-0.1, -0.05) is 20.8 Å². The van der Waals surface area contributed by atoms with E-state index in [1.54, 1.807) is 4.90 Å². The molecule has 2 heterocycles. The molecule has 2 rings (SSSR count). The molecule has 2 fully saturated rings. The van der Waals surface area contributed by atoms with Gasteiger partial charge in [0.1, 0.15) is 6.04 Å². The van der Waals surface area contributed by atoms with E-state index in [2.05, 4.69) is 5.32 Å². The van der Waals surface area contributed by atoms with Crippen LogP contribution >= 0.6 is 0 Å². The summed E-state index contributed by atoms with van der Waals surface area (Å²) in [5, 5.41) is 2.93. The summed E-state index contributed by atoms with van der Waals surface area (Å²) in [4.78, 5) is 41.1. The third-order valence-corrected chi connectivity index (χ3v) is 5.60. The molecule has 3 amide bonds. The lowest BCUT2D eigenvalue weighted by Crippen LogP contribution is -2.55. The van der Waals surface area contributed by atoms with Crippen molar-refractivity contribution in [2.24, 2.45) is 5.41 Å². The van der Waals surface area contributed by atoms with Crippen molar-refractivity contribution in [3.63, 3.8) is 0 Å². The lowest BCUT2D eigenvalue weighted by molar-refractivity contribution is -0.144. The minimum Gasteiger partial charge on any atom is -0.352 e. The Hall–Kier alpha value is -1.59. The molecule has 2 saturated heterocycles. The molecule has 0 radical (unpaired) electrons. The van der Waals surface area contributed by atoms with Crippen LogP contribution in [0.15, 0.2) is 0 Å². The molecule has 2 aliphatic heterocycles. The number of amides is 3. The van der Waals surface area contributed by atoms with Crippen molar-refractivity contribution in [3.8, 4) is 0 Å². The van der Waals surface area contributed by atoms with E-state index in [1.807, 2.05) is 39.5 Å². The van der Waals surface area contributed by atoms with Crippen LogP contribution in [0, 0.1) is 5.41 Å². The normalized spacial score (nSPS) is 22.6. The van der Waals surface area contributed by atoms with E-state index in [1.165, 1.54) is 0 Å². The Morgan fingerprint density at radius 1 is 1.20 bits per heavy atom. The number of nitrogens with zero attached hydrogens (tertiary/aromatic N) is 2. The number of piperidine rings is 1. The minimum atomic E-state index is -0.353. The molecule has 1 atom stereocenters. The SMILES string of the molecule is CCC(C)(C)C(=O)N1CCC(N2C(=O)CC[C@H]2C(=O)NC(C)C)CC1. The summed E-state index contributed by atoms with van der Waals surface area (Å²) >= 11 is 0. The van der Waals surface area contributed by atoms with Crippen LogP contribution in [0.25, 0.3) is 0 Å². The van der Waals surface area contributed by atoms with Gasteiger partial charge in [0.05, 0.1) is 0 Å². The van der Waals surface area contributed by atoms with Crippen LogP contribution in [0.1, 0.15) is 66.7 Å². The Balaban J connectivity index is 1.99. The molecule has 6 heteroatoms. The summed E-state index contributed by atoms with van der Waals surface area (Å²) in [5.74, 6) is 0.212.